The number of amides is 2. The molecule has 2 amide bonds. The van der Waals surface area contributed by atoms with Crippen LogP contribution in [0.15, 0.2) is 64.3 Å². The average Bonchev–Trinajstić information content (AvgIpc) is 3.56. The van der Waals surface area contributed by atoms with E-state index < -0.39 is 69.4 Å². The fourth-order valence-electron chi connectivity index (χ4n) is 5.34. The van der Waals surface area contributed by atoms with Gasteiger partial charge in [0.15, 0.2) is 5.75 Å². The number of rotatable bonds is 13. The molecule has 3 aromatic carbocycles. The molecule has 2 aromatic heterocycles. The number of halogens is 8. The fourth-order valence-corrected chi connectivity index (χ4v) is 7.43. The minimum Gasteiger partial charge on any atom is -0.494 e. The Balaban J connectivity index is 0.000000230. The lowest BCUT2D eigenvalue weighted by molar-refractivity contribution is -0.0579. The molecule has 0 spiro atoms. The summed E-state index contributed by atoms with van der Waals surface area (Å²) in [6, 6.07) is 9.23. The molecule has 0 bridgehead atoms. The highest BCUT2D eigenvalue weighted by atomic mass is 35.5. The minimum atomic E-state index is -4.71. The summed E-state index contributed by atoms with van der Waals surface area (Å²) in [4.78, 5) is 52.1. The molecule has 0 atom stereocenters. The van der Waals surface area contributed by atoms with E-state index in [1.54, 1.807) is 16.0 Å². The van der Waals surface area contributed by atoms with Gasteiger partial charge in [0.05, 0.1) is 44.5 Å². The Morgan fingerprint density at radius 3 is 2.08 bits per heavy atom. The number of aromatic nitrogens is 5. The van der Waals surface area contributed by atoms with Crippen molar-refractivity contribution in [2.45, 2.75) is 43.9 Å². The lowest BCUT2D eigenvalue weighted by atomic mass is 10.2. The smallest absolute Gasteiger partial charge is 0.388 e. The van der Waals surface area contributed by atoms with Crippen molar-refractivity contribution >= 4 is 80.3 Å². The molecule has 65 heavy (non-hydrogen) atoms. The molecule has 0 aliphatic carbocycles. The summed E-state index contributed by atoms with van der Waals surface area (Å²) in [5.41, 5.74) is -0.530. The van der Waals surface area contributed by atoms with Crippen LogP contribution in [0.2, 0.25) is 20.1 Å². The van der Waals surface area contributed by atoms with Gasteiger partial charge in [0, 0.05) is 19.0 Å². The molecule has 5 aromatic rings. The van der Waals surface area contributed by atoms with Crippen LogP contribution in [0.5, 0.6) is 23.3 Å². The van der Waals surface area contributed by atoms with Gasteiger partial charge in [-0.05, 0) is 43.2 Å². The topological polar surface area (TPSA) is 252 Å². The van der Waals surface area contributed by atoms with Gasteiger partial charge in [-0.2, -0.15) is 32.2 Å². The van der Waals surface area contributed by atoms with Crippen molar-refractivity contribution in [3.05, 3.63) is 102 Å². The molecule has 0 saturated carbocycles. The molecule has 0 unspecified atom stereocenters. The summed E-state index contributed by atoms with van der Waals surface area (Å²) >= 11 is 23.6. The van der Waals surface area contributed by atoms with Crippen LogP contribution in [-0.4, -0.2) is 87.9 Å². The van der Waals surface area contributed by atoms with Crippen LogP contribution >= 0.6 is 46.4 Å². The second-order valence-electron chi connectivity index (χ2n) is 12.2. The Kier molecular flexibility index (Phi) is 18.0. The minimum absolute atomic E-state index is 0.0788. The van der Waals surface area contributed by atoms with Crippen LogP contribution in [0.3, 0.4) is 0 Å². The number of carbonyl (C=O) groups excluding carboxylic acids is 1. The molecular formula is C37H29Cl4F4N7O12S. The monoisotopic (exact) mass is 1010 g/mol. The highest BCUT2D eigenvalue weighted by molar-refractivity contribution is 7.90. The normalized spacial score (nSPS) is 11.7. The van der Waals surface area contributed by atoms with Crippen LogP contribution < -0.4 is 34.7 Å². The molecule has 346 valence electrons. The second kappa shape index (κ2) is 22.9. The Morgan fingerprint density at radius 2 is 1.52 bits per heavy atom. The van der Waals surface area contributed by atoms with Gasteiger partial charge >= 0.3 is 36.9 Å². The standard InChI is InChI=1S/C15H13Cl2N3O2.C14H10F4N4O7S.C8H6Cl2O3/c1-2-7-22-13-9-12(10(16)8-11(13)17)20-15(21)19-6-4-3-5-14(19)18-20;15-11(16)28-8-5-9(29-12(17)18)20-13(19-8)21-14(25)22-30(26,27)7-4-2-1-3-6(7)10(23)24;1-13-7-5(10)3-2-4(9)6(7)8(11)12/h1,8-9H,3-7H2;1-5,11-12H,(H,23,24)(H2,19,20,21,22,25);2-3H,1H3,(H,11,12). The first-order valence-electron chi connectivity index (χ1n) is 17.6. The third-order valence-corrected chi connectivity index (χ3v) is 10.5. The molecule has 4 N–H and O–H groups in total. The Bertz CT molecular complexity index is 2770. The number of methoxy groups -OCH3 is 1. The number of nitrogens with one attached hydrogen (secondary N) is 2. The van der Waals surface area contributed by atoms with Crippen molar-refractivity contribution in [3.63, 3.8) is 0 Å². The van der Waals surface area contributed by atoms with Gasteiger partial charge in [-0.1, -0.05) is 64.5 Å². The molecule has 1 aliphatic heterocycles. The molecular weight excluding hydrogens is 984 g/mol. The van der Waals surface area contributed by atoms with Crippen molar-refractivity contribution < 1.29 is 69.5 Å². The Labute approximate surface area is 383 Å². The molecule has 0 radical (unpaired) electrons. The van der Waals surface area contributed by atoms with E-state index in [2.05, 4.69) is 30.5 Å². The van der Waals surface area contributed by atoms with Crippen molar-refractivity contribution in [2.24, 2.45) is 0 Å². The zero-order valence-corrected chi connectivity index (χ0v) is 36.4. The number of ether oxygens (including phenoxy) is 4. The van der Waals surface area contributed by atoms with E-state index in [4.69, 9.17) is 72.5 Å². The number of hydrogen-bond donors (Lipinski definition) is 4. The lowest BCUT2D eigenvalue weighted by Crippen LogP contribution is -2.35. The van der Waals surface area contributed by atoms with Crippen molar-refractivity contribution in [1.82, 2.24) is 29.0 Å². The molecule has 0 saturated heterocycles. The number of aryl methyl sites for hydroxylation is 1. The number of nitrogens with zero attached hydrogens (tertiary/aromatic N) is 5. The van der Waals surface area contributed by atoms with E-state index in [1.165, 1.54) is 46.8 Å². The number of carboxylic acids is 2. The van der Waals surface area contributed by atoms with Crippen LogP contribution in [-0.2, 0) is 23.0 Å². The van der Waals surface area contributed by atoms with Crippen LogP contribution in [0.1, 0.15) is 39.4 Å². The third kappa shape index (κ3) is 13.7. The highest BCUT2D eigenvalue weighted by Gasteiger charge is 2.26. The summed E-state index contributed by atoms with van der Waals surface area (Å²) in [5.74, 6) is -2.02. The number of urea groups is 1. The maximum absolute atomic E-state index is 12.5. The van der Waals surface area contributed by atoms with E-state index in [0.717, 1.165) is 37.2 Å². The van der Waals surface area contributed by atoms with Gasteiger partial charge in [-0.3, -0.25) is 9.88 Å². The first-order valence-corrected chi connectivity index (χ1v) is 20.6. The van der Waals surface area contributed by atoms with Gasteiger partial charge in [-0.15, -0.1) is 11.5 Å². The number of carbonyl (C=O) groups is 3. The summed E-state index contributed by atoms with van der Waals surface area (Å²) in [6.45, 7) is -6.06. The zero-order chi connectivity index (χ0) is 48.2. The predicted molar refractivity (Wildman–Crippen MR) is 223 cm³/mol. The molecule has 0 fully saturated rings. The largest absolute Gasteiger partial charge is 0.494 e. The maximum Gasteiger partial charge on any atom is 0.388 e. The van der Waals surface area contributed by atoms with Crippen molar-refractivity contribution in [1.29, 1.82) is 0 Å². The number of anilines is 1. The SMILES string of the molecule is C#CCOc1cc(-n2nc3n(c2=O)CCCC3)c(Cl)cc1Cl.COc1c(Cl)ccc(Cl)c1C(=O)O.O=C(Nc1nc(OC(F)F)cc(OC(F)F)n1)NS(=O)(=O)c1ccccc1C(=O)O. The Hall–Kier alpha value is -6.52. The van der Waals surface area contributed by atoms with E-state index in [0.29, 0.717) is 34.1 Å². The van der Waals surface area contributed by atoms with Gasteiger partial charge in [-0.25, -0.2) is 32.3 Å². The fraction of sp³-hybridized carbons (Fsp3) is 0.216. The molecule has 6 rings (SSSR count). The molecule has 3 heterocycles. The number of benzene rings is 3. The van der Waals surface area contributed by atoms with E-state index in [-0.39, 0.29) is 33.7 Å². The first-order chi connectivity index (χ1) is 30.7. The number of alkyl halides is 4. The van der Waals surface area contributed by atoms with Crippen molar-refractivity contribution in [2.75, 3.05) is 19.0 Å². The zero-order valence-electron chi connectivity index (χ0n) is 32.6. The number of fused-ring (bicyclic) bond motifs is 1. The highest BCUT2D eigenvalue weighted by Crippen LogP contribution is 2.34. The quantitative estimate of drug-likeness (QED) is 0.0668. The summed E-state index contributed by atoms with van der Waals surface area (Å²) in [7, 11) is -3.38. The van der Waals surface area contributed by atoms with Gasteiger partial charge in [0.1, 0.15) is 28.6 Å². The number of carboxylic acid groups (broad SMARTS) is 2. The van der Waals surface area contributed by atoms with Gasteiger partial charge in [0.25, 0.3) is 10.0 Å². The number of aromatic carboxylic acids is 2. The Morgan fingerprint density at radius 1 is 0.892 bits per heavy atom. The van der Waals surface area contributed by atoms with Gasteiger partial charge in [0.2, 0.25) is 17.7 Å². The van der Waals surface area contributed by atoms with Gasteiger partial charge < -0.3 is 29.2 Å². The van der Waals surface area contributed by atoms with E-state index in [9.17, 15) is 45.2 Å². The maximum atomic E-state index is 12.5. The lowest BCUT2D eigenvalue weighted by Gasteiger charge is -2.11. The third-order valence-electron chi connectivity index (χ3n) is 7.95. The number of hydrogen-bond acceptors (Lipinski definition) is 13. The van der Waals surface area contributed by atoms with Crippen LogP contribution in [0, 0.1) is 12.3 Å². The van der Waals surface area contributed by atoms with Crippen molar-refractivity contribution in [3.8, 4) is 41.3 Å². The predicted octanol–water partition coefficient (Wildman–Crippen LogP) is 7.28. The van der Waals surface area contributed by atoms with Crippen LogP contribution in [0.25, 0.3) is 5.69 Å². The second-order valence-corrected chi connectivity index (χ2v) is 15.5. The van der Waals surface area contributed by atoms with E-state index >= 15 is 0 Å². The first kappa shape index (κ1) is 51.1. The number of sulfonamides is 1. The summed E-state index contributed by atoms with van der Waals surface area (Å²) in [6.07, 6.45) is 7.97. The van der Waals surface area contributed by atoms with Crippen LogP contribution in [0.4, 0.5) is 28.3 Å². The molecule has 1 aliphatic rings. The average molecular weight is 1010 g/mol. The van der Waals surface area contributed by atoms with E-state index in [1.807, 2.05) is 0 Å². The number of terminal acetylenes is 1. The molecule has 28 heteroatoms. The summed E-state index contributed by atoms with van der Waals surface area (Å²) < 4.78 is 96.2. The summed E-state index contributed by atoms with van der Waals surface area (Å²) in [5, 5.41) is 24.9. The molecule has 19 nitrogen and oxygen atoms in total.